The topological polar surface area (TPSA) is 65.4 Å². The number of alkyl halides is 3. The van der Waals surface area contributed by atoms with Gasteiger partial charge in [-0.3, -0.25) is 9.80 Å². The van der Waals surface area contributed by atoms with Crippen LogP contribution < -0.4 is 14.6 Å². The lowest BCUT2D eigenvalue weighted by Crippen LogP contribution is -2.38. The van der Waals surface area contributed by atoms with Crippen LogP contribution in [0.3, 0.4) is 0 Å². The Morgan fingerprint density at radius 2 is 1.77 bits per heavy atom. The molecule has 0 saturated carbocycles. The van der Waals surface area contributed by atoms with Gasteiger partial charge in [0.2, 0.25) is 0 Å². The molecule has 2 heterocycles. The van der Waals surface area contributed by atoms with Crippen molar-refractivity contribution in [3.63, 3.8) is 0 Å². The largest absolute Gasteiger partial charge is 0.490 e. The third kappa shape index (κ3) is 5.55. The molecule has 0 aromatic heterocycles. The molecule has 1 fully saturated rings. The maximum Gasteiger partial charge on any atom is 0.431 e. The first-order chi connectivity index (χ1) is 16.5. The number of nitrogens with zero attached hydrogens (tertiary/aromatic N) is 3. The number of hydrogen-bond acceptors (Lipinski definition) is 5. The minimum atomic E-state index is -4.61. The van der Waals surface area contributed by atoms with Crippen LogP contribution >= 0.6 is 0 Å². The molecule has 1 N–H and O–H groups in total. The van der Waals surface area contributed by atoms with Crippen molar-refractivity contribution in [3.8, 4) is 5.75 Å². The van der Waals surface area contributed by atoms with Gasteiger partial charge in [0.15, 0.2) is 0 Å². The number of carbonyl (C=O) groups is 1. The van der Waals surface area contributed by atoms with Crippen LogP contribution in [-0.4, -0.2) is 48.2 Å². The van der Waals surface area contributed by atoms with Crippen LogP contribution in [0.4, 0.5) is 24.5 Å². The fraction of sp³-hybridized carbons (Fsp3) is 0.462. The lowest BCUT2D eigenvalue weighted by Gasteiger charge is -2.34. The van der Waals surface area contributed by atoms with Crippen molar-refractivity contribution < 1.29 is 27.8 Å². The minimum absolute atomic E-state index is 0.0450. The number of hydrazone groups is 1. The zero-order valence-electron chi connectivity index (χ0n) is 20.0. The summed E-state index contributed by atoms with van der Waals surface area (Å²) in [6.45, 7) is 7.32. The summed E-state index contributed by atoms with van der Waals surface area (Å²) in [4.78, 5) is 13.6. The van der Waals surface area contributed by atoms with Crippen molar-refractivity contribution in [2.45, 2.75) is 58.4 Å². The first kappa shape index (κ1) is 24.9. The van der Waals surface area contributed by atoms with Crippen LogP contribution in [0.5, 0.6) is 5.75 Å². The Balaban J connectivity index is 1.41. The summed E-state index contributed by atoms with van der Waals surface area (Å²) in [6.07, 6.45) is -3.29. The molecule has 2 aliphatic rings. The van der Waals surface area contributed by atoms with E-state index in [1.54, 1.807) is 24.3 Å². The molecule has 0 radical (unpaired) electrons. The van der Waals surface area contributed by atoms with E-state index in [-0.39, 0.29) is 6.10 Å². The number of piperidine rings is 1. The molecule has 35 heavy (non-hydrogen) atoms. The highest BCUT2D eigenvalue weighted by Gasteiger charge is 2.48. The smallest absolute Gasteiger partial charge is 0.431 e. The van der Waals surface area contributed by atoms with Crippen LogP contribution in [-0.2, 0) is 4.79 Å². The highest BCUT2D eigenvalue weighted by Crippen LogP contribution is 2.37. The SMILES string of the molecule is Cc1ccc(C)c(N2CCC(Oc3ccc(N4N=C(C(F)(F)F)C(C)C4CC(=O)O)cc3)CC2)c1. The number of halogens is 3. The van der Waals surface area contributed by atoms with Crippen LogP contribution in [0.1, 0.15) is 37.3 Å². The van der Waals surface area contributed by atoms with Gasteiger partial charge in [0.1, 0.15) is 17.6 Å². The van der Waals surface area contributed by atoms with Crippen molar-refractivity contribution in [1.29, 1.82) is 0 Å². The van der Waals surface area contributed by atoms with Crippen LogP contribution in [0, 0.1) is 19.8 Å². The van der Waals surface area contributed by atoms with Gasteiger partial charge < -0.3 is 14.7 Å². The molecular formula is C26H30F3N3O3. The maximum absolute atomic E-state index is 13.4. The van der Waals surface area contributed by atoms with Gasteiger partial charge in [-0.05, 0) is 55.3 Å². The number of benzene rings is 2. The van der Waals surface area contributed by atoms with Gasteiger partial charge in [0, 0.05) is 37.5 Å². The van der Waals surface area contributed by atoms with Crippen LogP contribution in [0.2, 0.25) is 0 Å². The van der Waals surface area contributed by atoms with Gasteiger partial charge in [-0.1, -0.05) is 19.1 Å². The molecule has 9 heteroatoms. The first-order valence-corrected chi connectivity index (χ1v) is 11.8. The lowest BCUT2D eigenvalue weighted by molar-refractivity contribution is -0.137. The van der Waals surface area contributed by atoms with Crippen LogP contribution in [0.15, 0.2) is 47.6 Å². The fourth-order valence-corrected chi connectivity index (χ4v) is 4.83. The number of anilines is 2. The molecule has 2 aromatic rings. The predicted molar refractivity (Wildman–Crippen MR) is 129 cm³/mol. The molecule has 188 valence electrons. The standard InChI is InChI=1S/C26H30F3N3O3/c1-16-4-5-17(2)22(14-16)31-12-10-21(11-13-31)35-20-8-6-19(7-9-20)32-23(15-24(33)34)18(3)25(30-32)26(27,28)29/h4-9,14,18,21,23H,10-13,15H2,1-3H3,(H,33,34). The summed E-state index contributed by atoms with van der Waals surface area (Å²) < 4.78 is 46.3. The molecule has 1 saturated heterocycles. The second-order valence-electron chi connectivity index (χ2n) is 9.37. The Bertz CT molecular complexity index is 1090. The van der Waals surface area contributed by atoms with E-state index in [0.717, 1.165) is 25.9 Å². The van der Waals surface area contributed by atoms with Gasteiger partial charge in [0.05, 0.1) is 18.2 Å². The second kappa shape index (κ2) is 9.79. The summed E-state index contributed by atoms with van der Waals surface area (Å²) in [5.74, 6) is -1.59. The van der Waals surface area contributed by atoms with Gasteiger partial charge in [0.25, 0.3) is 0 Å². The third-order valence-electron chi connectivity index (χ3n) is 6.76. The van der Waals surface area contributed by atoms with Gasteiger partial charge in [-0.15, -0.1) is 0 Å². The zero-order valence-corrected chi connectivity index (χ0v) is 20.0. The Morgan fingerprint density at radius 3 is 2.37 bits per heavy atom. The molecule has 2 aliphatic heterocycles. The third-order valence-corrected chi connectivity index (χ3v) is 6.76. The molecule has 0 aliphatic carbocycles. The summed E-state index contributed by atoms with van der Waals surface area (Å²) in [7, 11) is 0. The van der Waals surface area contributed by atoms with E-state index in [4.69, 9.17) is 4.74 Å². The first-order valence-electron chi connectivity index (χ1n) is 11.8. The van der Waals surface area contributed by atoms with E-state index in [1.165, 1.54) is 28.7 Å². The van der Waals surface area contributed by atoms with Gasteiger partial charge in [-0.2, -0.15) is 18.3 Å². The van der Waals surface area contributed by atoms with Gasteiger partial charge in [-0.25, -0.2) is 0 Å². The van der Waals surface area contributed by atoms with E-state index in [0.29, 0.717) is 11.4 Å². The molecule has 0 bridgehead atoms. The van der Waals surface area contributed by atoms with Crippen molar-refractivity contribution in [3.05, 3.63) is 53.6 Å². The number of rotatable bonds is 6. The quantitative estimate of drug-likeness (QED) is 0.575. The Labute approximate surface area is 203 Å². The lowest BCUT2D eigenvalue weighted by atomic mass is 9.94. The highest BCUT2D eigenvalue weighted by atomic mass is 19.4. The maximum atomic E-state index is 13.4. The monoisotopic (exact) mass is 489 g/mol. The highest BCUT2D eigenvalue weighted by molar-refractivity contribution is 5.95. The summed E-state index contributed by atoms with van der Waals surface area (Å²) in [5.41, 5.74) is 3.18. The van der Waals surface area contributed by atoms with Crippen LogP contribution in [0.25, 0.3) is 0 Å². The minimum Gasteiger partial charge on any atom is -0.490 e. The Hall–Kier alpha value is -3.23. The number of carboxylic acid groups (broad SMARTS) is 1. The van der Waals surface area contributed by atoms with E-state index < -0.39 is 36.2 Å². The van der Waals surface area contributed by atoms with Crippen molar-refractivity contribution in [1.82, 2.24) is 0 Å². The fourth-order valence-electron chi connectivity index (χ4n) is 4.83. The zero-order chi connectivity index (χ0) is 25.3. The molecule has 2 aromatic carbocycles. The molecule has 0 amide bonds. The van der Waals surface area contributed by atoms with E-state index in [2.05, 4.69) is 42.0 Å². The van der Waals surface area contributed by atoms with Crippen molar-refractivity contribution in [2.75, 3.05) is 23.0 Å². The number of hydrogen-bond donors (Lipinski definition) is 1. The average Bonchev–Trinajstić information content (AvgIpc) is 3.12. The Kier molecular flexibility index (Phi) is 6.96. The number of aryl methyl sites for hydroxylation is 2. The molecule has 2 unspecified atom stereocenters. The number of ether oxygens (including phenoxy) is 1. The average molecular weight is 490 g/mol. The summed E-state index contributed by atoms with van der Waals surface area (Å²) in [6, 6.07) is 12.2. The van der Waals surface area contributed by atoms with E-state index in [9.17, 15) is 23.1 Å². The molecule has 6 nitrogen and oxygen atoms in total. The van der Waals surface area contributed by atoms with Gasteiger partial charge >= 0.3 is 12.1 Å². The Morgan fingerprint density at radius 1 is 1.11 bits per heavy atom. The molecule has 0 spiro atoms. The second-order valence-corrected chi connectivity index (χ2v) is 9.37. The molecule has 4 rings (SSSR count). The number of aliphatic carboxylic acids is 1. The van der Waals surface area contributed by atoms with E-state index in [1.807, 2.05) is 0 Å². The predicted octanol–water partition coefficient (Wildman–Crippen LogP) is 5.57. The van der Waals surface area contributed by atoms with Crippen molar-refractivity contribution >= 4 is 23.1 Å². The number of carboxylic acids is 1. The normalized spacial score (nSPS) is 21.3. The van der Waals surface area contributed by atoms with Crippen molar-refractivity contribution in [2.24, 2.45) is 11.0 Å². The summed E-state index contributed by atoms with van der Waals surface area (Å²) in [5, 5.41) is 14.1. The molecular weight excluding hydrogens is 459 g/mol. The summed E-state index contributed by atoms with van der Waals surface area (Å²) >= 11 is 0. The molecule has 2 atom stereocenters. The van der Waals surface area contributed by atoms with E-state index >= 15 is 0 Å².